The minimum Gasteiger partial charge on any atom is -0.390 e. The van der Waals surface area contributed by atoms with Crippen LogP contribution in [-0.2, 0) is 26.5 Å². The molecule has 264 valence electrons. The van der Waals surface area contributed by atoms with Gasteiger partial charge in [0.2, 0.25) is 20.0 Å². The highest BCUT2D eigenvalue weighted by atomic mass is 32.2. The molecule has 2 atom stereocenters. The highest BCUT2D eigenvalue weighted by Crippen LogP contribution is 2.21. The largest absolute Gasteiger partial charge is 0.390 e. The first kappa shape index (κ1) is 40.3. The zero-order chi connectivity index (χ0) is 35.4. The number of unbranched alkanes of at least 4 members (excludes halogenated alkanes) is 1. The van der Waals surface area contributed by atoms with Gasteiger partial charge in [-0.25, -0.2) is 26.1 Å². The van der Waals surface area contributed by atoms with E-state index in [1.54, 1.807) is 18.7 Å². The Bertz CT molecular complexity index is 1510. The monoisotopic (exact) mass is 695 g/mol. The first-order valence-electron chi connectivity index (χ1n) is 16.2. The zero-order valence-corrected chi connectivity index (χ0v) is 30.4. The van der Waals surface area contributed by atoms with E-state index >= 15 is 0 Å². The molecule has 0 radical (unpaired) electrons. The number of hydrazine groups is 1. The van der Waals surface area contributed by atoms with Crippen LogP contribution in [0.5, 0.6) is 0 Å². The van der Waals surface area contributed by atoms with Crippen LogP contribution in [0.1, 0.15) is 86.6 Å². The van der Waals surface area contributed by atoms with Crippen LogP contribution < -0.4 is 10.1 Å². The topological polar surface area (TPSA) is 156 Å². The maximum atomic E-state index is 13.9. The van der Waals surface area contributed by atoms with Crippen LogP contribution in [0.15, 0.2) is 53.4 Å². The van der Waals surface area contributed by atoms with Gasteiger partial charge in [-0.1, -0.05) is 57.5 Å². The summed E-state index contributed by atoms with van der Waals surface area (Å²) in [5.41, 5.74) is 0.820. The molecule has 0 saturated heterocycles. The van der Waals surface area contributed by atoms with E-state index in [-0.39, 0.29) is 34.9 Å². The highest BCUT2D eigenvalue weighted by molar-refractivity contribution is 7.90. The third-order valence-electron chi connectivity index (χ3n) is 7.61. The van der Waals surface area contributed by atoms with Gasteiger partial charge in [0.05, 0.1) is 22.3 Å². The van der Waals surface area contributed by atoms with Crippen LogP contribution in [0.2, 0.25) is 0 Å². The van der Waals surface area contributed by atoms with Gasteiger partial charge in [-0.15, -0.1) is 4.83 Å². The molecule has 0 aromatic heterocycles. The van der Waals surface area contributed by atoms with E-state index in [1.807, 2.05) is 51.1 Å². The minimum atomic E-state index is -4.02. The van der Waals surface area contributed by atoms with E-state index in [1.165, 1.54) is 37.3 Å². The van der Waals surface area contributed by atoms with Gasteiger partial charge < -0.3 is 15.3 Å². The molecule has 14 heteroatoms. The lowest BCUT2D eigenvalue weighted by atomic mass is 10.00. The maximum Gasteiger partial charge on any atom is 0.253 e. The second kappa shape index (κ2) is 18.6. The van der Waals surface area contributed by atoms with Crippen molar-refractivity contribution in [3.63, 3.8) is 0 Å². The van der Waals surface area contributed by atoms with Crippen LogP contribution in [-0.4, -0.2) is 106 Å². The Hall–Kier alpha value is -2.88. The van der Waals surface area contributed by atoms with Gasteiger partial charge >= 0.3 is 0 Å². The molecule has 2 rings (SSSR count). The number of nitrogens with one attached hydrogen (secondary N) is 2. The van der Waals surface area contributed by atoms with Crippen molar-refractivity contribution >= 4 is 31.9 Å². The summed E-state index contributed by atoms with van der Waals surface area (Å²) in [5, 5.41) is 15.1. The Morgan fingerprint density at radius 1 is 0.851 bits per heavy atom. The molecule has 12 nitrogen and oxygen atoms in total. The lowest BCUT2D eigenvalue weighted by molar-refractivity contribution is 0.0613. The highest BCUT2D eigenvalue weighted by Gasteiger charge is 2.29. The standard InChI is InChI=1S/C33H53N5O7S2/c1-8-11-19-38(35-46(42,43)25(4)5)24-31(39)30(20-26-15-13-12-14-16-26)34-32(40)27-21-28(33(41)37(17-9-2)18-10-3)23-29(22-27)47(44,45)36(6)7/h12-16,21-23,25,30-31,35,39H,8-11,17-20,24H2,1-7H3,(H,34,40). The molecule has 0 aliphatic rings. The van der Waals surface area contributed by atoms with E-state index in [4.69, 9.17) is 0 Å². The number of carbonyl (C=O) groups excluding carboxylic acids is 2. The number of sulfonamides is 2. The Morgan fingerprint density at radius 2 is 1.45 bits per heavy atom. The van der Waals surface area contributed by atoms with Gasteiger partial charge in [0.25, 0.3) is 11.8 Å². The first-order valence-corrected chi connectivity index (χ1v) is 19.2. The molecule has 0 spiro atoms. The van der Waals surface area contributed by atoms with Gasteiger partial charge in [0, 0.05) is 51.4 Å². The van der Waals surface area contributed by atoms with Crippen molar-refractivity contribution in [3.8, 4) is 0 Å². The number of hydrogen-bond donors (Lipinski definition) is 3. The molecule has 2 amide bonds. The van der Waals surface area contributed by atoms with E-state index in [0.717, 1.165) is 16.3 Å². The molecule has 0 bridgehead atoms. The van der Waals surface area contributed by atoms with Gasteiger partial charge in [-0.05, 0) is 63.3 Å². The second-order valence-electron chi connectivity index (χ2n) is 12.1. The summed E-state index contributed by atoms with van der Waals surface area (Å²) in [6.07, 6.45) is 1.84. The van der Waals surface area contributed by atoms with Crippen LogP contribution in [0, 0.1) is 0 Å². The van der Waals surface area contributed by atoms with Crippen molar-refractivity contribution in [2.45, 2.75) is 89.0 Å². The van der Waals surface area contributed by atoms with E-state index < -0.39 is 43.3 Å². The van der Waals surface area contributed by atoms with Crippen LogP contribution in [0.25, 0.3) is 0 Å². The first-order chi connectivity index (χ1) is 22.1. The quantitative estimate of drug-likeness (QED) is 0.178. The molecule has 3 N–H and O–H groups in total. The summed E-state index contributed by atoms with van der Waals surface area (Å²) in [6.45, 7) is 10.1. The Kier molecular flexibility index (Phi) is 16.0. The number of nitrogens with zero attached hydrogens (tertiary/aromatic N) is 3. The number of amides is 2. The van der Waals surface area contributed by atoms with Crippen molar-refractivity contribution in [1.82, 2.24) is 24.4 Å². The van der Waals surface area contributed by atoms with E-state index in [2.05, 4.69) is 10.1 Å². The molecule has 47 heavy (non-hydrogen) atoms. The van der Waals surface area contributed by atoms with Crippen molar-refractivity contribution in [2.75, 3.05) is 40.3 Å². The molecule has 2 aromatic rings. The number of carbonyl (C=O) groups is 2. The molecule has 0 heterocycles. The maximum absolute atomic E-state index is 13.9. The van der Waals surface area contributed by atoms with Crippen molar-refractivity contribution in [2.24, 2.45) is 0 Å². The average molecular weight is 696 g/mol. The smallest absolute Gasteiger partial charge is 0.253 e. The zero-order valence-electron chi connectivity index (χ0n) is 28.8. The SMILES string of the molecule is CCCCN(CC(O)C(Cc1ccccc1)NC(=O)c1cc(C(=O)N(CCC)CCC)cc(S(=O)(=O)N(C)C)c1)NS(=O)(=O)C(C)C. The fourth-order valence-electron chi connectivity index (χ4n) is 4.82. The van der Waals surface area contributed by atoms with Gasteiger partial charge in [0.15, 0.2) is 0 Å². The fourth-order valence-corrected chi connectivity index (χ4v) is 6.53. The molecule has 0 aliphatic carbocycles. The summed E-state index contributed by atoms with van der Waals surface area (Å²) >= 11 is 0. The number of hydrogen-bond acceptors (Lipinski definition) is 8. The van der Waals surface area contributed by atoms with Gasteiger partial charge in [0.1, 0.15) is 0 Å². The van der Waals surface area contributed by atoms with Crippen LogP contribution >= 0.6 is 0 Å². The Morgan fingerprint density at radius 3 is 1.98 bits per heavy atom. The van der Waals surface area contributed by atoms with E-state index in [0.29, 0.717) is 38.9 Å². The third kappa shape index (κ3) is 11.9. The molecule has 0 aliphatic heterocycles. The molecular formula is C33H53N5O7S2. The Balaban J connectivity index is 2.55. The van der Waals surface area contributed by atoms with Crippen molar-refractivity contribution in [3.05, 3.63) is 65.2 Å². The average Bonchev–Trinajstić information content (AvgIpc) is 3.02. The van der Waals surface area contributed by atoms with Crippen LogP contribution in [0.4, 0.5) is 0 Å². The molecule has 2 unspecified atom stereocenters. The molecular weight excluding hydrogens is 643 g/mol. The molecule has 0 saturated carbocycles. The lowest BCUT2D eigenvalue weighted by Crippen LogP contribution is -2.54. The summed E-state index contributed by atoms with van der Waals surface area (Å²) in [6, 6.07) is 12.2. The summed E-state index contributed by atoms with van der Waals surface area (Å²) < 4.78 is 52.8. The number of benzene rings is 2. The van der Waals surface area contributed by atoms with Crippen LogP contribution in [0.3, 0.4) is 0 Å². The minimum absolute atomic E-state index is 0.0576. The lowest BCUT2D eigenvalue weighted by Gasteiger charge is -2.31. The number of rotatable bonds is 20. The summed E-state index contributed by atoms with van der Waals surface area (Å²) in [7, 11) is -4.98. The molecule has 2 aromatic carbocycles. The van der Waals surface area contributed by atoms with Gasteiger partial charge in [-0.3, -0.25) is 9.59 Å². The second-order valence-corrected chi connectivity index (χ2v) is 16.5. The fraction of sp³-hybridized carbons (Fsp3) is 0.576. The normalized spacial score (nSPS) is 13.6. The Labute approximate surface area is 281 Å². The predicted octanol–water partition coefficient (Wildman–Crippen LogP) is 3.25. The van der Waals surface area contributed by atoms with Crippen molar-refractivity contribution < 1.29 is 31.5 Å². The summed E-state index contributed by atoms with van der Waals surface area (Å²) in [4.78, 5) is 31.5. The number of aliphatic hydroxyl groups excluding tert-OH is 1. The third-order valence-corrected chi connectivity index (χ3v) is 11.2. The molecule has 0 fully saturated rings. The van der Waals surface area contributed by atoms with E-state index in [9.17, 15) is 31.5 Å². The van der Waals surface area contributed by atoms with Crippen molar-refractivity contribution in [1.29, 1.82) is 0 Å². The number of aliphatic hydroxyl groups is 1. The predicted molar refractivity (Wildman–Crippen MR) is 185 cm³/mol. The summed E-state index contributed by atoms with van der Waals surface area (Å²) in [5.74, 6) is -1.07. The van der Waals surface area contributed by atoms with Gasteiger partial charge in [-0.2, -0.15) is 0 Å².